The average molecular weight is 256 g/mol. The van der Waals surface area contributed by atoms with E-state index in [1.807, 2.05) is 0 Å². The van der Waals surface area contributed by atoms with Gasteiger partial charge in [0.2, 0.25) is 0 Å². The molecule has 0 spiro atoms. The Labute approximate surface area is 107 Å². The Morgan fingerprint density at radius 2 is 2.18 bits per heavy atom. The summed E-state index contributed by atoms with van der Waals surface area (Å²) >= 11 is 6.13. The molecule has 2 N–H and O–H groups in total. The summed E-state index contributed by atoms with van der Waals surface area (Å²) < 4.78 is 13.9. The van der Waals surface area contributed by atoms with Gasteiger partial charge >= 0.3 is 0 Å². The van der Waals surface area contributed by atoms with Gasteiger partial charge in [-0.2, -0.15) is 0 Å². The molecule has 1 aliphatic carbocycles. The standard InChI is InChI=1S/C14H19ClFN/c1-2-4-10-7-14(8-10,9-17)13-11(15)5-3-6-12(13)16/h3,5-6,10H,2,4,7-9,17H2,1H3. The monoisotopic (exact) mass is 255 g/mol. The molecule has 1 aliphatic rings. The first-order valence-electron chi connectivity index (χ1n) is 6.27. The highest BCUT2D eigenvalue weighted by atomic mass is 35.5. The first-order valence-corrected chi connectivity index (χ1v) is 6.65. The third-order valence-corrected chi connectivity index (χ3v) is 4.25. The number of hydrogen-bond donors (Lipinski definition) is 1. The molecule has 1 aromatic rings. The zero-order chi connectivity index (χ0) is 12.5. The molecular formula is C14H19ClFN. The van der Waals surface area contributed by atoms with E-state index in [1.165, 1.54) is 18.9 Å². The summed E-state index contributed by atoms with van der Waals surface area (Å²) in [6.07, 6.45) is 4.32. The molecule has 0 saturated heterocycles. The summed E-state index contributed by atoms with van der Waals surface area (Å²) in [5.74, 6) is 0.470. The molecule has 1 nitrogen and oxygen atoms in total. The molecular weight excluding hydrogens is 237 g/mol. The Kier molecular flexibility index (Phi) is 3.74. The summed E-state index contributed by atoms with van der Waals surface area (Å²) in [7, 11) is 0. The fourth-order valence-corrected chi connectivity index (χ4v) is 3.50. The summed E-state index contributed by atoms with van der Waals surface area (Å²) in [5, 5.41) is 0.519. The topological polar surface area (TPSA) is 26.0 Å². The largest absolute Gasteiger partial charge is 0.330 e. The van der Waals surface area contributed by atoms with Gasteiger partial charge in [-0.15, -0.1) is 0 Å². The van der Waals surface area contributed by atoms with E-state index in [-0.39, 0.29) is 11.2 Å². The van der Waals surface area contributed by atoms with Gasteiger partial charge in [-0.25, -0.2) is 4.39 Å². The molecule has 1 fully saturated rings. The Bertz CT molecular complexity index is 379. The average Bonchev–Trinajstić information content (AvgIpc) is 2.24. The molecule has 94 valence electrons. The number of hydrogen-bond acceptors (Lipinski definition) is 1. The highest BCUT2D eigenvalue weighted by molar-refractivity contribution is 6.31. The molecule has 0 aromatic heterocycles. The first kappa shape index (κ1) is 12.8. The molecule has 0 bridgehead atoms. The zero-order valence-electron chi connectivity index (χ0n) is 10.2. The lowest BCUT2D eigenvalue weighted by molar-refractivity contribution is 0.135. The van der Waals surface area contributed by atoms with Crippen LogP contribution in [0.5, 0.6) is 0 Å². The fourth-order valence-electron chi connectivity index (χ4n) is 3.14. The second-order valence-electron chi connectivity index (χ2n) is 5.14. The number of halogens is 2. The maximum absolute atomic E-state index is 13.9. The lowest BCUT2D eigenvalue weighted by Crippen LogP contribution is -2.47. The normalized spacial score (nSPS) is 27.9. The van der Waals surface area contributed by atoms with Gasteiger partial charge in [0.1, 0.15) is 5.82 Å². The Hall–Kier alpha value is -0.600. The van der Waals surface area contributed by atoms with Crippen molar-refractivity contribution < 1.29 is 4.39 Å². The van der Waals surface area contributed by atoms with E-state index in [1.54, 1.807) is 12.1 Å². The Morgan fingerprint density at radius 3 is 2.71 bits per heavy atom. The van der Waals surface area contributed by atoms with Crippen LogP contribution < -0.4 is 5.73 Å². The lowest BCUT2D eigenvalue weighted by atomic mass is 9.57. The molecule has 3 heteroatoms. The van der Waals surface area contributed by atoms with E-state index < -0.39 is 0 Å². The molecule has 0 atom stereocenters. The van der Waals surface area contributed by atoms with E-state index in [4.69, 9.17) is 17.3 Å². The quantitative estimate of drug-likeness (QED) is 0.868. The summed E-state index contributed by atoms with van der Waals surface area (Å²) in [6, 6.07) is 4.88. The molecule has 0 aliphatic heterocycles. The zero-order valence-corrected chi connectivity index (χ0v) is 10.9. The third-order valence-electron chi connectivity index (χ3n) is 3.94. The third kappa shape index (κ3) is 2.21. The molecule has 0 radical (unpaired) electrons. The van der Waals surface area contributed by atoms with E-state index >= 15 is 0 Å². The van der Waals surface area contributed by atoms with Crippen molar-refractivity contribution in [2.24, 2.45) is 11.7 Å². The van der Waals surface area contributed by atoms with Gasteiger partial charge in [0, 0.05) is 22.5 Å². The van der Waals surface area contributed by atoms with Crippen molar-refractivity contribution >= 4 is 11.6 Å². The van der Waals surface area contributed by atoms with Crippen molar-refractivity contribution in [3.63, 3.8) is 0 Å². The molecule has 17 heavy (non-hydrogen) atoms. The molecule has 1 saturated carbocycles. The lowest BCUT2D eigenvalue weighted by Gasteiger charge is -2.48. The highest BCUT2D eigenvalue weighted by Crippen LogP contribution is 2.51. The summed E-state index contributed by atoms with van der Waals surface area (Å²) in [4.78, 5) is 0. The second-order valence-corrected chi connectivity index (χ2v) is 5.55. The van der Waals surface area contributed by atoms with Crippen LogP contribution in [0.1, 0.15) is 38.2 Å². The first-order chi connectivity index (χ1) is 8.13. The van der Waals surface area contributed by atoms with E-state index in [2.05, 4.69) is 6.92 Å². The number of nitrogens with two attached hydrogens (primary N) is 1. The van der Waals surface area contributed by atoms with E-state index in [0.717, 1.165) is 12.8 Å². The van der Waals surface area contributed by atoms with Crippen LogP contribution in [0.3, 0.4) is 0 Å². The second kappa shape index (κ2) is 4.95. The van der Waals surface area contributed by atoms with Gasteiger partial charge in [-0.3, -0.25) is 0 Å². The van der Waals surface area contributed by atoms with Crippen LogP contribution in [0.4, 0.5) is 4.39 Å². The molecule has 0 unspecified atom stereocenters. The summed E-state index contributed by atoms with van der Waals surface area (Å²) in [6.45, 7) is 2.66. The van der Waals surface area contributed by atoms with Gasteiger partial charge in [-0.05, 0) is 30.9 Å². The molecule has 2 rings (SSSR count). The molecule has 1 aromatic carbocycles. The minimum atomic E-state index is -0.220. The van der Waals surface area contributed by atoms with Crippen LogP contribution in [0, 0.1) is 11.7 Å². The SMILES string of the molecule is CCCC1CC(CN)(c2c(F)cccc2Cl)C1. The molecule has 0 amide bonds. The van der Waals surface area contributed by atoms with Crippen molar-refractivity contribution in [3.8, 4) is 0 Å². The van der Waals surface area contributed by atoms with Gasteiger partial charge in [0.15, 0.2) is 0 Å². The van der Waals surface area contributed by atoms with Crippen LogP contribution in [0.2, 0.25) is 5.02 Å². The van der Waals surface area contributed by atoms with Crippen molar-refractivity contribution in [2.75, 3.05) is 6.54 Å². The fraction of sp³-hybridized carbons (Fsp3) is 0.571. The minimum Gasteiger partial charge on any atom is -0.330 e. The van der Waals surface area contributed by atoms with Crippen molar-refractivity contribution in [1.82, 2.24) is 0 Å². The van der Waals surface area contributed by atoms with Gasteiger partial charge in [0.25, 0.3) is 0 Å². The van der Waals surface area contributed by atoms with E-state index in [0.29, 0.717) is 23.0 Å². The smallest absolute Gasteiger partial charge is 0.128 e. The predicted octanol–water partition coefficient (Wildman–Crippen LogP) is 3.89. The van der Waals surface area contributed by atoms with Crippen LogP contribution in [-0.4, -0.2) is 6.54 Å². The highest BCUT2D eigenvalue weighted by Gasteiger charge is 2.46. The summed E-state index contributed by atoms with van der Waals surface area (Å²) in [5.41, 5.74) is 6.29. The van der Waals surface area contributed by atoms with Crippen LogP contribution in [-0.2, 0) is 5.41 Å². The van der Waals surface area contributed by atoms with Crippen molar-refractivity contribution in [2.45, 2.75) is 38.0 Å². The number of benzene rings is 1. The minimum absolute atomic E-state index is 0.210. The Morgan fingerprint density at radius 1 is 1.47 bits per heavy atom. The number of rotatable bonds is 4. The molecule has 0 heterocycles. The Balaban J connectivity index is 2.26. The van der Waals surface area contributed by atoms with Crippen molar-refractivity contribution in [3.05, 3.63) is 34.6 Å². The van der Waals surface area contributed by atoms with Crippen LogP contribution in [0.15, 0.2) is 18.2 Å². The van der Waals surface area contributed by atoms with Gasteiger partial charge in [0.05, 0.1) is 0 Å². The predicted molar refractivity (Wildman–Crippen MR) is 69.8 cm³/mol. The van der Waals surface area contributed by atoms with Gasteiger partial charge in [-0.1, -0.05) is 37.4 Å². The van der Waals surface area contributed by atoms with Gasteiger partial charge < -0.3 is 5.73 Å². The van der Waals surface area contributed by atoms with E-state index in [9.17, 15) is 4.39 Å². The maximum Gasteiger partial charge on any atom is 0.128 e. The van der Waals surface area contributed by atoms with Crippen LogP contribution in [0.25, 0.3) is 0 Å². The van der Waals surface area contributed by atoms with Crippen molar-refractivity contribution in [1.29, 1.82) is 0 Å². The van der Waals surface area contributed by atoms with Crippen LogP contribution >= 0.6 is 11.6 Å². The maximum atomic E-state index is 13.9.